The Morgan fingerprint density at radius 2 is 2.21 bits per heavy atom. The van der Waals surface area contributed by atoms with Crippen molar-refractivity contribution < 1.29 is 4.79 Å². The predicted molar refractivity (Wildman–Crippen MR) is 92.4 cm³/mol. The second-order valence-electron chi connectivity index (χ2n) is 6.56. The Bertz CT molecular complexity index is 734. The molecule has 2 aliphatic heterocycles. The minimum atomic E-state index is 0.205. The predicted octanol–water partition coefficient (Wildman–Crippen LogP) is 0.984. The molecule has 4 heterocycles. The highest BCUT2D eigenvalue weighted by Crippen LogP contribution is 2.27. The van der Waals surface area contributed by atoms with Gasteiger partial charge in [-0.3, -0.25) is 14.4 Å². The molecule has 128 valence electrons. The molecule has 0 aliphatic carbocycles. The van der Waals surface area contributed by atoms with Gasteiger partial charge in [-0.15, -0.1) is 0 Å². The Labute approximate surface area is 144 Å². The van der Waals surface area contributed by atoms with Crippen LogP contribution in [0.5, 0.6) is 0 Å². The highest BCUT2D eigenvalue weighted by Gasteiger charge is 2.31. The molecule has 4 rings (SSSR count). The number of nitrogens with zero attached hydrogens (tertiary/aromatic N) is 7. The average Bonchev–Trinajstić information content (AvgIpc) is 3.22. The first-order chi connectivity index (χ1) is 11.6. The summed E-state index contributed by atoms with van der Waals surface area (Å²) in [6, 6.07) is 0.364. The fraction of sp³-hybridized carbons (Fsp3) is 0.600. The lowest BCUT2D eigenvalue weighted by atomic mass is 10.1. The lowest BCUT2D eigenvalue weighted by molar-refractivity contribution is -0.117. The first kappa shape index (κ1) is 15.5. The lowest BCUT2D eigenvalue weighted by Gasteiger charge is -2.38. The summed E-state index contributed by atoms with van der Waals surface area (Å²) in [6.07, 6.45) is 5.39. The van der Waals surface area contributed by atoms with Gasteiger partial charge >= 0.3 is 0 Å². The van der Waals surface area contributed by atoms with Gasteiger partial charge in [0.2, 0.25) is 11.0 Å². The zero-order chi connectivity index (χ0) is 16.7. The zero-order valence-corrected chi connectivity index (χ0v) is 14.7. The number of carbonyl (C=O) groups excluding carboxylic acids is 1. The maximum absolute atomic E-state index is 11.8. The summed E-state index contributed by atoms with van der Waals surface area (Å²) in [5.74, 6) is 1.09. The van der Waals surface area contributed by atoms with Gasteiger partial charge in [0.25, 0.3) is 0 Å². The molecule has 2 aliphatic rings. The molecule has 0 aromatic carbocycles. The van der Waals surface area contributed by atoms with Crippen LogP contribution in [0.25, 0.3) is 0 Å². The molecule has 2 fully saturated rings. The Kier molecular flexibility index (Phi) is 3.97. The van der Waals surface area contributed by atoms with E-state index in [4.69, 9.17) is 0 Å². The topological polar surface area (TPSA) is 70.4 Å². The molecule has 2 aromatic heterocycles. The molecule has 0 unspecified atom stereocenters. The summed E-state index contributed by atoms with van der Waals surface area (Å²) >= 11 is 1.43. The van der Waals surface area contributed by atoms with Gasteiger partial charge in [-0.2, -0.15) is 9.47 Å². The molecule has 0 radical (unpaired) electrons. The van der Waals surface area contributed by atoms with E-state index in [1.54, 1.807) is 6.20 Å². The van der Waals surface area contributed by atoms with Crippen molar-refractivity contribution in [2.24, 2.45) is 0 Å². The highest BCUT2D eigenvalue weighted by molar-refractivity contribution is 7.09. The van der Waals surface area contributed by atoms with Gasteiger partial charge in [0.15, 0.2) is 5.82 Å². The molecular formula is C15H21N7OS. The molecule has 0 saturated carbocycles. The van der Waals surface area contributed by atoms with Crippen LogP contribution in [-0.2, 0) is 11.3 Å². The van der Waals surface area contributed by atoms with Gasteiger partial charge in [-0.05, 0) is 6.42 Å². The quantitative estimate of drug-likeness (QED) is 0.803. The summed E-state index contributed by atoms with van der Waals surface area (Å²) in [6.45, 7) is 3.46. The molecule has 0 N–H and O–H groups in total. The van der Waals surface area contributed by atoms with Crippen LogP contribution in [0.2, 0.25) is 0 Å². The smallest absolute Gasteiger partial charge is 0.227 e. The second-order valence-corrected chi connectivity index (χ2v) is 7.29. The van der Waals surface area contributed by atoms with E-state index in [-0.39, 0.29) is 5.91 Å². The van der Waals surface area contributed by atoms with Gasteiger partial charge in [-0.25, -0.2) is 4.98 Å². The van der Waals surface area contributed by atoms with Gasteiger partial charge in [0.1, 0.15) is 0 Å². The van der Waals surface area contributed by atoms with Crippen molar-refractivity contribution in [2.75, 3.05) is 43.5 Å². The largest absolute Gasteiger partial charge is 0.353 e. The van der Waals surface area contributed by atoms with Gasteiger partial charge in [0, 0.05) is 57.9 Å². The Morgan fingerprint density at radius 1 is 1.38 bits per heavy atom. The first-order valence-electron chi connectivity index (χ1n) is 8.17. The zero-order valence-electron chi connectivity index (χ0n) is 13.9. The van der Waals surface area contributed by atoms with Crippen LogP contribution in [0, 0.1) is 0 Å². The van der Waals surface area contributed by atoms with Crippen LogP contribution in [0.3, 0.4) is 0 Å². The number of carbonyl (C=O) groups is 1. The van der Waals surface area contributed by atoms with E-state index in [0.29, 0.717) is 12.5 Å². The summed E-state index contributed by atoms with van der Waals surface area (Å²) in [7, 11) is 3.95. The maximum atomic E-state index is 11.8. The van der Waals surface area contributed by atoms with Gasteiger partial charge in [-0.1, -0.05) is 0 Å². The molecule has 1 amide bonds. The van der Waals surface area contributed by atoms with E-state index in [1.165, 1.54) is 11.5 Å². The van der Waals surface area contributed by atoms with Crippen LogP contribution < -0.4 is 9.80 Å². The fourth-order valence-electron chi connectivity index (χ4n) is 3.12. The van der Waals surface area contributed by atoms with E-state index in [1.807, 2.05) is 34.8 Å². The van der Waals surface area contributed by atoms with Gasteiger partial charge in [0.05, 0.1) is 24.5 Å². The summed E-state index contributed by atoms with van der Waals surface area (Å²) in [5.41, 5.74) is 0.924. The molecule has 8 nitrogen and oxygen atoms in total. The van der Waals surface area contributed by atoms with E-state index < -0.39 is 0 Å². The van der Waals surface area contributed by atoms with Crippen LogP contribution >= 0.6 is 11.5 Å². The Balaban J connectivity index is 1.32. The van der Waals surface area contributed by atoms with Crippen molar-refractivity contribution >= 4 is 28.3 Å². The fourth-order valence-corrected chi connectivity index (χ4v) is 3.71. The third kappa shape index (κ3) is 2.89. The van der Waals surface area contributed by atoms with Crippen molar-refractivity contribution in [2.45, 2.75) is 25.4 Å². The van der Waals surface area contributed by atoms with Crippen molar-refractivity contribution in [3.05, 3.63) is 18.2 Å². The normalized spacial score (nSPS) is 19.1. The molecule has 0 atom stereocenters. The molecule has 2 aromatic rings. The number of amides is 1. The van der Waals surface area contributed by atoms with Crippen LogP contribution in [0.15, 0.2) is 12.4 Å². The van der Waals surface area contributed by atoms with E-state index in [0.717, 1.165) is 49.2 Å². The van der Waals surface area contributed by atoms with Crippen LogP contribution in [0.1, 0.15) is 24.7 Å². The molecule has 9 heteroatoms. The molecule has 0 bridgehead atoms. The van der Waals surface area contributed by atoms with Crippen molar-refractivity contribution in [1.29, 1.82) is 0 Å². The number of hydrogen-bond donors (Lipinski definition) is 0. The molecular weight excluding hydrogens is 326 g/mol. The van der Waals surface area contributed by atoms with E-state index in [2.05, 4.69) is 19.4 Å². The number of aromatic nitrogens is 4. The molecule has 24 heavy (non-hydrogen) atoms. The monoisotopic (exact) mass is 347 g/mol. The number of likely N-dealkylation sites (tertiary alicyclic amines) is 1. The van der Waals surface area contributed by atoms with E-state index >= 15 is 0 Å². The minimum absolute atomic E-state index is 0.205. The van der Waals surface area contributed by atoms with E-state index in [9.17, 15) is 4.79 Å². The summed E-state index contributed by atoms with van der Waals surface area (Å²) in [4.78, 5) is 22.5. The Morgan fingerprint density at radius 3 is 2.88 bits per heavy atom. The number of rotatable bonds is 5. The van der Waals surface area contributed by atoms with Crippen molar-refractivity contribution in [3.8, 4) is 0 Å². The van der Waals surface area contributed by atoms with Crippen molar-refractivity contribution in [1.82, 2.24) is 24.0 Å². The SMILES string of the molecule is CN(C)c1nc(CN2CC(n3cc(N4CCCC4=O)cn3)C2)ns1. The minimum Gasteiger partial charge on any atom is -0.353 e. The van der Waals surface area contributed by atoms with Crippen LogP contribution in [0.4, 0.5) is 10.8 Å². The average molecular weight is 347 g/mol. The highest BCUT2D eigenvalue weighted by atomic mass is 32.1. The maximum Gasteiger partial charge on any atom is 0.227 e. The third-order valence-electron chi connectivity index (χ3n) is 4.49. The lowest BCUT2D eigenvalue weighted by Crippen LogP contribution is -2.47. The summed E-state index contributed by atoms with van der Waals surface area (Å²) in [5, 5.41) is 5.39. The standard InChI is InChI=1S/C15H21N7OS/c1-19(2)15-17-13(18-24-15)10-20-7-12(8-20)22-9-11(6-16-22)21-5-3-4-14(21)23/h6,9,12H,3-5,7-8,10H2,1-2H3. The third-order valence-corrected chi connectivity index (χ3v) is 5.41. The van der Waals surface area contributed by atoms with Crippen LogP contribution in [-0.4, -0.2) is 63.7 Å². The Hall–Kier alpha value is -2.00. The molecule has 2 saturated heterocycles. The van der Waals surface area contributed by atoms with Gasteiger partial charge < -0.3 is 9.80 Å². The number of anilines is 2. The molecule has 0 spiro atoms. The number of hydrogen-bond acceptors (Lipinski definition) is 7. The second kappa shape index (κ2) is 6.14. The first-order valence-corrected chi connectivity index (χ1v) is 8.94. The van der Waals surface area contributed by atoms with Crippen molar-refractivity contribution in [3.63, 3.8) is 0 Å². The summed E-state index contributed by atoms with van der Waals surface area (Å²) < 4.78 is 6.39.